The van der Waals surface area contributed by atoms with Crippen molar-refractivity contribution in [3.05, 3.63) is 67.1 Å². The normalized spacial score (nSPS) is 10.2. The third kappa shape index (κ3) is 3.44. The summed E-state index contributed by atoms with van der Waals surface area (Å²) in [6, 6.07) is 8.52. The van der Waals surface area contributed by atoms with Crippen molar-refractivity contribution in [2.24, 2.45) is 0 Å². The van der Waals surface area contributed by atoms with Crippen LogP contribution in [0.3, 0.4) is 0 Å². The van der Waals surface area contributed by atoms with Crippen LogP contribution in [0.25, 0.3) is 0 Å². The summed E-state index contributed by atoms with van der Waals surface area (Å²) in [7, 11) is 0. The Morgan fingerprint density at radius 1 is 1.14 bits per heavy atom. The molecule has 0 aliphatic rings. The maximum Gasteiger partial charge on any atom is 0.288 e. The van der Waals surface area contributed by atoms with Gasteiger partial charge in [0, 0.05) is 11.1 Å². The number of nitro groups is 1. The standard InChI is InChI=1S/C13H7Cl3N2O3/c14-7-4-5-10(9(15)6-7)17-13(19)8-2-1-3-11(12(8)16)18(20)21/h1-6H,(H,17,19). The van der Waals surface area contributed by atoms with Crippen molar-refractivity contribution in [3.63, 3.8) is 0 Å². The van der Waals surface area contributed by atoms with Crippen LogP contribution in [0, 0.1) is 10.1 Å². The Morgan fingerprint density at radius 2 is 1.86 bits per heavy atom. The highest BCUT2D eigenvalue weighted by molar-refractivity contribution is 6.38. The molecule has 8 heteroatoms. The molecular weight excluding hydrogens is 339 g/mol. The minimum Gasteiger partial charge on any atom is -0.321 e. The second-order valence-electron chi connectivity index (χ2n) is 3.97. The first-order chi connectivity index (χ1) is 9.90. The van der Waals surface area contributed by atoms with Gasteiger partial charge in [-0.15, -0.1) is 0 Å². The van der Waals surface area contributed by atoms with Gasteiger partial charge in [-0.05, 0) is 24.3 Å². The number of carbonyl (C=O) groups excluding carboxylic acids is 1. The topological polar surface area (TPSA) is 72.2 Å². The minimum atomic E-state index is -0.658. The van der Waals surface area contributed by atoms with E-state index in [2.05, 4.69) is 5.32 Å². The lowest BCUT2D eigenvalue weighted by atomic mass is 10.2. The molecule has 108 valence electrons. The molecule has 0 saturated heterocycles. The monoisotopic (exact) mass is 344 g/mol. The van der Waals surface area contributed by atoms with Crippen molar-refractivity contribution in [1.29, 1.82) is 0 Å². The van der Waals surface area contributed by atoms with Crippen molar-refractivity contribution < 1.29 is 9.72 Å². The zero-order chi connectivity index (χ0) is 15.6. The second kappa shape index (κ2) is 6.30. The highest BCUT2D eigenvalue weighted by Gasteiger charge is 2.20. The van der Waals surface area contributed by atoms with Gasteiger partial charge in [0.25, 0.3) is 11.6 Å². The van der Waals surface area contributed by atoms with Crippen LogP contribution in [0.5, 0.6) is 0 Å². The molecule has 0 radical (unpaired) electrons. The summed E-state index contributed by atoms with van der Waals surface area (Å²) < 4.78 is 0. The van der Waals surface area contributed by atoms with Crippen LogP contribution in [0.4, 0.5) is 11.4 Å². The molecule has 0 heterocycles. The van der Waals surface area contributed by atoms with Gasteiger partial charge in [-0.2, -0.15) is 0 Å². The molecule has 21 heavy (non-hydrogen) atoms. The molecule has 0 aromatic heterocycles. The van der Waals surface area contributed by atoms with Gasteiger partial charge >= 0.3 is 0 Å². The van der Waals surface area contributed by atoms with Gasteiger partial charge < -0.3 is 5.32 Å². The number of nitro benzene ring substituents is 1. The van der Waals surface area contributed by atoms with E-state index in [9.17, 15) is 14.9 Å². The van der Waals surface area contributed by atoms with Gasteiger partial charge in [0.15, 0.2) is 0 Å². The Bertz CT molecular complexity index is 735. The average molecular weight is 346 g/mol. The quantitative estimate of drug-likeness (QED) is 0.641. The zero-order valence-corrected chi connectivity index (χ0v) is 12.5. The first-order valence-corrected chi connectivity index (χ1v) is 6.73. The average Bonchev–Trinajstić information content (AvgIpc) is 2.41. The van der Waals surface area contributed by atoms with E-state index in [-0.39, 0.29) is 21.3 Å². The van der Waals surface area contributed by atoms with E-state index >= 15 is 0 Å². The number of hydrogen-bond donors (Lipinski definition) is 1. The molecule has 0 spiro atoms. The third-order valence-electron chi connectivity index (χ3n) is 2.60. The molecular formula is C13H7Cl3N2O3. The Labute approximate surface area is 134 Å². The van der Waals surface area contributed by atoms with Crippen molar-refractivity contribution in [2.45, 2.75) is 0 Å². The number of rotatable bonds is 3. The van der Waals surface area contributed by atoms with Crippen LogP contribution < -0.4 is 5.32 Å². The van der Waals surface area contributed by atoms with Gasteiger partial charge in [-0.1, -0.05) is 40.9 Å². The zero-order valence-electron chi connectivity index (χ0n) is 10.3. The smallest absolute Gasteiger partial charge is 0.288 e. The summed E-state index contributed by atoms with van der Waals surface area (Å²) in [5.74, 6) is -0.604. The minimum absolute atomic E-state index is 0.0168. The highest BCUT2D eigenvalue weighted by atomic mass is 35.5. The van der Waals surface area contributed by atoms with E-state index in [1.165, 1.54) is 30.3 Å². The summed E-state index contributed by atoms with van der Waals surface area (Å²) in [6.45, 7) is 0. The first kappa shape index (κ1) is 15.6. The number of hydrogen-bond acceptors (Lipinski definition) is 3. The lowest BCUT2D eigenvalue weighted by molar-refractivity contribution is -0.384. The van der Waals surface area contributed by atoms with Gasteiger partial charge in [-0.3, -0.25) is 14.9 Å². The predicted octanol–water partition coefficient (Wildman–Crippen LogP) is 4.81. The van der Waals surface area contributed by atoms with Crippen molar-refractivity contribution in [3.8, 4) is 0 Å². The summed E-state index contributed by atoms with van der Waals surface area (Å²) in [5.41, 5.74) is -0.0305. The van der Waals surface area contributed by atoms with E-state index in [0.29, 0.717) is 10.7 Å². The van der Waals surface area contributed by atoms with Gasteiger partial charge in [-0.25, -0.2) is 0 Å². The number of amides is 1. The first-order valence-electron chi connectivity index (χ1n) is 5.59. The van der Waals surface area contributed by atoms with Gasteiger partial charge in [0.05, 0.1) is 21.2 Å². The van der Waals surface area contributed by atoms with Crippen LogP contribution >= 0.6 is 34.8 Å². The van der Waals surface area contributed by atoms with Gasteiger partial charge in [0.1, 0.15) is 5.02 Å². The summed E-state index contributed by atoms with van der Waals surface area (Å²) >= 11 is 17.6. The molecule has 5 nitrogen and oxygen atoms in total. The van der Waals surface area contributed by atoms with Crippen molar-refractivity contribution >= 4 is 52.1 Å². The molecule has 2 aromatic carbocycles. The number of nitrogens with one attached hydrogen (secondary N) is 1. The molecule has 0 unspecified atom stereocenters. The van der Waals surface area contributed by atoms with E-state index in [4.69, 9.17) is 34.8 Å². The Hall–Kier alpha value is -1.82. The molecule has 0 bridgehead atoms. The molecule has 0 saturated carbocycles. The van der Waals surface area contributed by atoms with Crippen LogP contribution in [0.1, 0.15) is 10.4 Å². The molecule has 1 amide bonds. The Morgan fingerprint density at radius 3 is 2.48 bits per heavy atom. The lowest BCUT2D eigenvalue weighted by Gasteiger charge is -2.08. The van der Waals surface area contributed by atoms with Crippen LogP contribution in [0.15, 0.2) is 36.4 Å². The fourth-order valence-corrected chi connectivity index (χ4v) is 2.35. The van der Waals surface area contributed by atoms with Crippen molar-refractivity contribution in [1.82, 2.24) is 0 Å². The van der Waals surface area contributed by atoms with E-state index in [1.54, 1.807) is 6.07 Å². The Balaban J connectivity index is 2.33. The highest BCUT2D eigenvalue weighted by Crippen LogP contribution is 2.30. The molecule has 0 atom stereocenters. The van der Waals surface area contributed by atoms with E-state index < -0.39 is 10.8 Å². The number of benzene rings is 2. The summed E-state index contributed by atoms with van der Waals surface area (Å²) in [5, 5.41) is 13.8. The fraction of sp³-hybridized carbons (Fsp3) is 0. The number of carbonyl (C=O) groups is 1. The largest absolute Gasteiger partial charge is 0.321 e. The molecule has 2 aromatic rings. The second-order valence-corrected chi connectivity index (χ2v) is 5.20. The van der Waals surface area contributed by atoms with Gasteiger partial charge in [0.2, 0.25) is 0 Å². The maximum absolute atomic E-state index is 12.1. The predicted molar refractivity (Wildman–Crippen MR) is 82.5 cm³/mol. The number of halogens is 3. The molecule has 0 fully saturated rings. The van der Waals surface area contributed by atoms with Crippen LogP contribution in [-0.2, 0) is 0 Å². The summed E-state index contributed by atoms with van der Waals surface area (Å²) in [6.07, 6.45) is 0. The molecule has 1 N–H and O–H groups in total. The maximum atomic E-state index is 12.1. The number of anilines is 1. The molecule has 0 aliphatic heterocycles. The van der Waals surface area contributed by atoms with E-state index in [0.717, 1.165) is 0 Å². The molecule has 0 aliphatic carbocycles. The third-order valence-corrected chi connectivity index (χ3v) is 3.54. The summed E-state index contributed by atoms with van der Waals surface area (Å²) in [4.78, 5) is 22.3. The van der Waals surface area contributed by atoms with Crippen molar-refractivity contribution in [2.75, 3.05) is 5.32 Å². The Kier molecular flexibility index (Phi) is 4.67. The van der Waals surface area contributed by atoms with E-state index in [1.807, 2.05) is 0 Å². The van der Waals surface area contributed by atoms with Crippen LogP contribution in [-0.4, -0.2) is 10.8 Å². The molecule has 2 rings (SSSR count). The SMILES string of the molecule is O=C(Nc1ccc(Cl)cc1Cl)c1cccc([N+](=O)[O-])c1Cl. The fourth-order valence-electron chi connectivity index (χ4n) is 1.62. The number of nitrogens with zero attached hydrogens (tertiary/aromatic N) is 1. The van der Waals surface area contributed by atoms with Crippen LogP contribution in [0.2, 0.25) is 15.1 Å². The lowest BCUT2D eigenvalue weighted by Crippen LogP contribution is -2.13.